The van der Waals surface area contributed by atoms with Crippen molar-refractivity contribution in [2.24, 2.45) is 0 Å². The summed E-state index contributed by atoms with van der Waals surface area (Å²) < 4.78 is 0. The maximum Gasteiger partial charge on any atom is 0.234 e. The molecule has 0 fully saturated rings. The number of aromatic amines is 1. The molecule has 3 aromatic carbocycles. The van der Waals surface area contributed by atoms with Crippen LogP contribution in [0, 0.1) is 0 Å². The van der Waals surface area contributed by atoms with E-state index in [0.717, 1.165) is 15.7 Å². The van der Waals surface area contributed by atoms with E-state index in [-0.39, 0.29) is 23.2 Å². The van der Waals surface area contributed by atoms with Crippen LogP contribution in [-0.4, -0.2) is 42.5 Å². The van der Waals surface area contributed by atoms with E-state index in [0.29, 0.717) is 17.1 Å². The molecular weight excluding hydrogens is 378 g/mol. The molecule has 9 heteroatoms. The number of fused-ring (bicyclic) bond motifs is 1. The molecule has 0 spiro atoms. The fourth-order valence-electron chi connectivity index (χ4n) is 2.74. The molecule has 4 aromatic rings. The second-order valence-corrected chi connectivity index (χ2v) is 7.02. The first-order chi connectivity index (χ1) is 13.6. The molecule has 28 heavy (non-hydrogen) atoms. The summed E-state index contributed by atoms with van der Waals surface area (Å²) in [5.74, 6) is 0.102. The smallest absolute Gasteiger partial charge is 0.234 e. The number of rotatable bonds is 5. The number of thioether (sulfide) groups is 1. The number of carbonyl (C=O) groups is 1. The van der Waals surface area contributed by atoms with Gasteiger partial charge in [0, 0.05) is 10.5 Å². The number of H-pyrrole nitrogens is 1. The zero-order valence-electron chi connectivity index (χ0n) is 14.5. The Labute approximate surface area is 163 Å². The van der Waals surface area contributed by atoms with Crippen molar-refractivity contribution < 1.29 is 15.0 Å². The van der Waals surface area contributed by atoms with Gasteiger partial charge in [-0.3, -0.25) is 4.79 Å². The SMILES string of the molecule is O=C(CSc1ccc2cc(O)c(O)cc2c1)Nc1ccccc1-c1nn[nH]n1. The minimum absolute atomic E-state index is 0.160. The van der Waals surface area contributed by atoms with Crippen molar-refractivity contribution in [2.45, 2.75) is 4.90 Å². The molecule has 1 heterocycles. The van der Waals surface area contributed by atoms with Gasteiger partial charge in [0.1, 0.15) is 0 Å². The van der Waals surface area contributed by atoms with Gasteiger partial charge in [-0.2, -0.15) is 5.21 Å². The van der Waals surface area contributed by atoms with Gasteiger partial charge in [0.15, 0.2) is 11.5 Å². The van der Waals surface area contributed by atoms with Crippen molar-refractivity contribution in [3.05, 3.63) is 54.6 Å². The number of benzene rings is 3. The van der Waals surface area contributed by atoms with Crippen LogP contribution in [0.25, 0.3) is 22.2 Å². The standard InChI is InChI=1S/C19H15N5O3S/c25-16-8-11-5-6-13(7-12(11)9-17(16)26)28-10-18(27)20-15-4-2-1-3-14(15)19-21-23-24-22-19/h1-9,25-26H,10H2,(H,20,27)(H,21,22,23,24). The van der Waals surface area contributed by atoms with E-state index in [9.17, 15) is 15.0 Å². The van der Waals surface area contributed by atoms with Gasteiger partial charge in [-0.25, -0.2) is 0 Å². The molecule has 140 valence electrons. The number of aromatic nitrogens is 4. The van der Waals surface area contributed by atoms with Crippen LogP contribution < -0.4 is 5.32 Å². The number of hydrogen-bond acceptors (Lipinski definition) is 7. The van der Waals surface area contributed by atoms with E-state index >= 15 is 0 Å². The lowest BCUT2D eigenvalue weighted by Gasteiger charge is -2.09. The summed E-state index contributed by atoms with van der Waals surface area (Å²) in [7, 11) is 0. The Morgan fingerprint density at radius 1 is 1.04 bits per heavy atom. The Bertz CT molecular complexity index is 1150. The summed E-state index contributed by atoms with van der Waals surface area (Å²) in [6, 6.07) is 15.8. The Morgan fingerprint density at radius 3 is 2.61 bits per heavy atom. The topological polar surface area (TPSA) is 124 Å². The summed E-state index contributed by atoms with van der Waals surface area (Å²) in [4.78, 5) is 13.3. The molecule has 0 aliphatic carbocycles. The largest absolute Gasteiger partial charge is 0.504 e. The summed E-state index contributed by atoms with van der Waals surface area (Å²) in [6.45, 7) is 0. The number of phenolic OH excluding ortho intramolecular Hbond substituents is 2. The number of phenols is 2. The van der Waals surface area contributed by atoms with Crippen LogP contribution in [0.1, 0.15) is 0 Å². The normalized spacial score (nSPS) is 10.9. The van der Waals surface area contributed by atoms with Crippen molar-refractivity contribution in [3.63, 3.8) is 0 Å². The predicted octanol–water partition coefficient (Wildman–Crippen LogP) is 3.16. The van der Waals surface area contributed by atoms with E-state index in [1.54, 1.807) is 12.1 Å². The van der Waals surface area contributed by atoms with Crippen molar-refractivity contribution >= 4 is 34.1 Å². The highest BCUT2D eigenvalue weighted by Gasteiger charge is 2.12. The van der Waals surface area contributed by atoms with Gasteiger partial charge < -0.3 is 15.5 Å². The van der Waals surface area contributed by atoms with Gasteiger partial charge in [0.2, 0.25) is 11.7 Å². The van der Waals surface area contributed by atoms with Gasteiger partial charge >= 0.3 is 0 Å². The summed E-state index contributed by atoms with van der Waals surface area (Å²) in [6.07, 6.45) is 0. The summed E-state index contributed by atoms with van der Waals surface area (Å²) in [5, 5.41) is 37.5. The molecule has 1 aromatic heterocycles. The molecule has 0 bridgehead atoms. The lowest BCUT2D eigenvalue weighted by molar-refractivity contribution is -0.113. The van der Waals surface area contributed by atoms with Crippen LogP contribution in [0.2, 0.25) is 0 Å². The Kier molecular flexibility index (Phi) is 4.81. The van der Waals surface area contributed by atoms with E-state index in [4.69, 9.17) is 0 Å². The fourth-order valence-corrected chi connectivity index (χ4v) is 3.48. The lowest BCUT2D eigenvalue weighted by Crippen LogP contribution is -2.14. The number of para-hydroxylation sites is 1. The van der Waals surface area contributed by atoms with Crippen molar-refractivity contribution in [1.29, 1.82) is 0 Å². The number of anilines is 1. The third kappa shape index (κ3) is 3.74. The predicted molar refractivity (Wildman–Crippen MR) is 106 cm³/mol. The molecule has 4 N–H and O–H groups in total. The highest BCUT2D eigenvalue weighted by atomic mass is 32.2. The molecule has 8 nitrogen and oxygen atoms in total. The van der Waals surface area contributed by atoms with Gasteiger partial charge in [0.25, 0.3) is 0 Å². The van der Waals surface area contributed by atoms with Gasteiger partial charge in [-0.1, -0.05) is 18.2 Å². The number of hydrogen-bond donors (Lipinski definition) is 4. The minimum atomic E-state index is -0.175. The van der Waals surface area contributed by atoms with E-state index in [1.807, 2.05) is 30.3 Å². The Morgan fingerprint density at radius 2 is 1.82 bits per heavy atom. The average molecular weight is 393 g/mol. The van der Waals surface area contributed by atoms with Crippen LogP contribution in [0.5, 0.6) is 11.5 Å². The van der Waals surface area contributed by atoms with Crippen LogP contribution in [0.4, 0.5) is 5.69 Å². The number of aromatic hydroxyl groups is 2. The maximum absolute atomic E-state index is 12.4. The van der Waals surface area contributed by atoms with E-state index in [1.165, 1.54) is 23.9 Å². The van der Waals surface area contributed by atoms with Crippen molar-refractivity contribution in [1.82, 2.24) is 20.6 Å². The zero-order chi connectivity index (χ0) is 19.5. The van der Waals surface area contributed by atoms with Gasteiger partial charge in [0.05, 0.1) is 11.4 Å². The molecule has 0 aliphatic heterocycles. The number of tetrazole rings is 1. The molecule has 0 saturated heterocycles. The molecular formula is C19H15N5O3S. The number of amides is 1. The van der Waals surface area contributed by atoms with Crippen molar-refractivity contribution in [3.8, 4) is 22.9 Å². The average Bonchev–Trinajstić information content (AvgIpc) is 3.22. The first kappa shape index (κ1) is 17.8. The first-order valence-electron chi connectivity index (χ1n) is 8.31. The zero-order valence-corrected chi connectivity index (χ0v) is 15.3. The second-order valence-electron chi connectivity index (χ2n) is 5.97. The molecule has 1 amide bonds. The maximum atomic E-state index is 12.4. The third-order valence-electron chi connectivity index (χ3n) is 4.06. The van der Waals surface area contributed by atoms with Crippen LogP contribution >= 0.6 is 11.8 Å². The number of nitrogens with one attached hydrogen (secondary N) is 2. The fraction of sp³-hybridized carbons (Fsp3) is 0.0526. The van der Waals surface area contributed by atoms with Crippen molar-refractivity contribution in [2.75, 3.05) is 11.1 Å². The first-order valence-corrected chi connectivity index (χ1v) is 9.30. The Hall–Kier alpha value is -3.59. The second kappa shape index (κ2) is 7.57. The quantitative estimate of drug-likeness (QED) is 0.303. The van der Waals surface area contributed by atoms with E-state index in [2.05, 4.69) is 25.9 Å². The van der Waals surface area contributed by atoms with Crippen LogP contribution in [0.15, 0.2) is 59.5 Å². The molecule has 0 atom stereocenters. The third-order valence-corrected chi connectivity index (χ3v) is 5.06. The monoisotopic (exact) mass is 393 g/mol. The Balaban J connectivity index is 1.46. The molecule has 0 radical (unpaired) electrons. The highest BCUT2D eigenvalue weighted by molar-refractivity contribution is 8.00. The number of carbonyl (C=O) groups excluding carboxylic acids is 1. The molecule has 4 rings (SSSR count). The lowest BCUT2D eigenvalue weighted by atomic mass is 10.1. The summed E-state index contributed by atoms with van der Waals surface area (Å²) in [5.41, 5.74) is 1.28. The molecule has 0 aliphatic rings. The van der Waals surface area contributed by atoms with Gasteiger partial charge in [-0.15, -0.1) is 22.0 Å². The molecule has 0 unspecified atom stereocenters. The van der Waals surface area contributed by atoms with Gasteiger partial charge in [-0.05, 0) is 52.4 Å². The highest BCUT2D eigenvalue weighted by Crippen LogP contribution is 2.32. The minimum Gasteiger partial charge on any atom is -0.504 e. The number of nitrogens with zero attached hydrogens (tertiary/aromatic N) is 3. The molecule has 0 saturated carbocycles. The van der Waals surface area contributed by atoms with E-state index < -0.39 is 0 Å². The summed E-state index contributed by atoms with van der Waals surface area (Å²) >= 11 is 1.37. The van der Waals surface area contributed by atoms with Crippen LogP contribution in [-0.2, 0) is 4.79 Å². The van der Waals surface area contributed by atoms with Crippen LogP contribution in [0.3, 0.4) is 0 Å².